The lowest BCUT2D eigenvalue weighted by molar-refractivity contribution is 0.406. The number of aromatic nitrogens is 2. The molecule has 0 saturated heterocycles. The summed E-state index contributed by atoms with van der Waals surface area (Å²) in [7, 11) is 0. The van der Waals surface area contributed by atoms with Crippen molar-refractivity contribution in [1.82, 2.24) is 10.1 Å². The summed E-state index contributed by atoms with van der Waals surface area (Å²) in [6.07, 6.45) is 4.82. The number of nitrogens with zero attached hydrogens (tertiary/aromatic N) is 2. The van der Waals surface area contributed by atoms with Gasteiger partial charge in [0.15, 0.2) is 0 Å². The third-order valence-electron chi connectivity index (χ3n) is 4.12. The molecule has 0 aliphatic carbocycles. The highest BCUT2D eigenvalue weighted by Crippen LogP contribution is 2.26. The molecule has 0 atom stereocenters. The fourth-order valence-electron chi connectivity index (χ4n) is 2.63. The Kier molecular flexibility index (Phi) is 6.21. The van der Waals surface area contributed by atoms with Gasteiger partial charge in [-0.05, 0) is 56.5 Å². The fraction of sp³-hybridized carbons (Fsp3) is 0.238. The minimum absolute atomic E-state index is 0.549. The summed E-state index contributed by atoms with van der Waals surface area (Å²) in [5.41, 5.74) is 9.82. The molecule has 26 heavy (non-hydrogen) atoms. The molecular formula is C21H22ClN3O. The largest absolute Gasteiger partial charge is 0.334 e. The number of benzene rings is 2. The van der Waals surface area contributed by atoms with E-state index in [0.717, 1.165) is 36.0 Å². The van der Waals surface area contributed by atoms with Crippen molar-refractivity contribution in [3.8, 4) is 11.4 Å². The molecule has 0 unspecified atom stereocenters. The van der Waals surface area contributed by atoms with E-state index in [1.54, 1.807) is 0 Å². The second-order valence-electron chi connectivity index (χ2n) is 6.26. The van der Waals surface area contributed by atoms with Gasteiger partial charge in [0.05, 0.1) is 0 Å². The molecule has 134 valence electrons. The third-order valence-corrected chi connectivity index (χ3v) is 4.37. The van der Waals surface area contributed by atoms with Crippen LogP contribution >= 0.6 is 11.6 Å². The Bertz CT molecular complexity index is 867. The minimum Gasteiger partial charge on any atom is -0.334 e. The van der Waals surface area contributed by atoms with E-state index in [0.29, 0.717) is 23.3 Å². The fourth-order valence-corrected chi connectivity index (χ4v) is 2.76. The number of hydrogen-bond acceptors (Lipinski definition) is 4. The van der Waals surface area contributed by atoms with Crippen LogP contribution in [0.15, 0.2) is 53.1 Å². The number of aryl methyl sites for hydroxylation is 1. The van der Waals surface area contributed by atoms with Crippen molar-refractivity contribution < 1.29 is 4.52 Å². The van der Waals surface area contributed by atoms with Crippen LogP contribution in [0, 0.1) is 6.92 Å². The number of hydrogen-bond donors (Lipinski definition) is 1. The van der Waals surface area contributed by atoms with Crippen molar-refractivity contribution in [3.63, 3.8) is 0 Å². The van der Waals surface area contributed by atoms with Gasteiger partial charge in [-0.3, -0.25) is 0 Å². The highest BCUT2D eigenvalue weighted by Gasteiger charge is 2.13. The zero-order valence-corrected chi connectivity index (χ0v) is 15.5. The van der Waals surface area contributed by atoms with E-state index in [-0.39, 0.29) is 0 Å². The third kappa shape index (κ3) is 4.81. The first-order valence-corrected chi connectivity index (χ1v) is 9.11. The van der Waals surface area contributed by atoms with Gasteiger partial charge in [0.2, 0.25) is 5.82 Å². The second-order valence-corrected chi connectivity index (χ2v) is 6.69. The van der Waals surface area contributed by atoms with Crippen LogP contribution in [0.3, 0.4) is 0 Å². The number of halogens is 1. The van der Waals surface area contributed by atoms with Gasteiger partial charge in [0.25, 0.3) is 5.89 Å². The van der Waals surface area contributed by atoms with E-state index < -0.39 is 0 Å². The lowest BCUT2D eigenvalue weighted by Crippen LogP contribution is -1.98. The van der Waals surface area contributed by atoms with Crippen LogP contribution in [-0.2, 0) is 0 Å². The van der Waals surface area contributed by atoms with Crippen LogP contribution < -0.4 is 5.73 Å². The van der Waals surface area contributed by atoms with Gasteiger partial charge in [-0.25, -0.2) is 0 Å². The molecule has 3 aromatic rings. The molecule has 1 heterocycles. The van der Waals surface area contributed by atoms with Crippen LogP contribution in [-0.4, -0.2) is 16.7 Å². The van der Waals surface area contributed by atoms with Gasteiger partial charge in [0.1, 0.15) is 0 Å². The quantitative estimate of drug-likeness (QED) is 0.570. The van der Waals surface area contributed by atoms with E-state index >= 15 is 0 Å². The Labute approximate surface area is 158 Å². The Morgan fingerprint density at radius 3 is 2.50 bits per heavy atom. The van der Waals surface area contributed by atoms with Gasteiger partial charge < -0.3 is 10.3 Å². The first kappa shape index (κ1) is 18.4. The lowest BCUT2D eigenvalue weighted by Gasteiger charge is -2.03. The zero-order valence-electron chi connectivity index (χ0n) is 14.8. The van der Waals surface area contributed by atoms with E-state index in [1.807, 2.05) is 48.5 Å². The van der Waals surface area contributed by atoms with Crippen molar-refractivity contribution in [2.75, 3.05) is 6.54 Å². The average molecular weight is 368 g/mol. The van der Waals surface area contributed by atoms with Crippen LogP contribution in [0.2, 0.25) is 5.02 Å². The summed E-state index contributed by atoms with van der Waals surface area (Å²) in [5.74, 6) is 1.15. The highest BCUT2D eigenvalue weighted by molar-refractivity contribution is 6.30. The Morgan fingerprint density at radius 2 is 1.81 bits per heavy atom. The molecule has 0 radical (unpaired) electrons. The van der Waals surface area contributed by atoms with Crippen LogP contribution in [0.5, 0.6) is 0 Å². The van der Waals surface area contributed by atoms with E-state index in [4.69, 9.17) is 21.9 Å². The Balaban J connectivity index is 1.89. The maximum Gasteiger partial charge on any atom is 0.254 e. The first-order chi connectivity index (χ1) is 12.7. The molecule has 0 fully saturated rings. The molecule has 2 N–H and O–H groups in total. The summed E-state index contributed by atoms with van der Waals surface area (Å²) in [4.78, 5) is 4.60. The summed E-state index contributed by atoms with van der Waals surface area (Å²) in [6, 6.07) is 15.8. The molecule has 0 spiro atoms. The van der Waals surface area contributed by atoms with Gasteiger partial charge >= 0.3 is 0 Å². The maximum absolute atomic E-state index is 5.97. The first-order valence-electron chi connectivity index (χ1n) is 8.73. The number of nitrogens with two attached hydrogens (primary N) is 1. The molecule has 1 aromatic heterocycles. The van der Waals surface area contributed by atoms with Crippen LogP contribution in [0.4, 0.5) is 0 Å². The van der Waals surface area contributed by atoms with Gasteiger partial charge in [-0.1, -0.05) is 58.7 Å². The molecule has 3 rings (SSSR count). The predicted molar refractivity (Wildman–Crippen MR) is 107 cm³/mol. The topological polar surface area (TPSA) is 64.9 Å². The van der Waals surface area contributed by atoms with E-state index in [2.05, 4.69) is 23.1 Å². The van der Waals surface area contributed by atoms with Crippen molar-refractivity contribution >= 4 is 23.3 Å². The smallest absolute Gasteiger partial charge is 0.254 e. The SMILES string of the molecule is Cc1ccc(-c2noc(C(=Cc3ccc(Cl)cc3)CCCCN)n2)cc1. The second kappa shape index (κ2) is 8.79. The van der Waals surface area contributed by atoms with Gasteiger partial charge in [-0.2, -0.15) is 4.98 Å². The van der Waals surface area contributed by atoms with Crippen LogP contribution in [0.25, 0.3) is 23.0 Å². The molecule has 5 heteroatoms. The molecule has 4 nitrogen and oxygen atoms in total. The van der Waals surface area contributed by atoms with Gasteiger partial charge in [0, 0.05) is 16.2 Å². The molecule has 0 bridgehead atoms. The zero-order chi connectivity index (χ0) is 18.4. The summed E-state index contributed by atoms with van der Waals surface area (Å²) in [5, 5.41) is 4.86. The lowest BCUT2D eigenvalue weighted by atomic mass is 10.0. The van der Waals surface area contributed by atoms with Crippen molar-refractivity contribution in [1.29, 1.82) is 0 Å². The molecule has 0 saturated carbocycles. The van der Waals surface area contributed by atoms with E-state index in [9.17, 15) is 0 Å². The number of allylic oxidation sites excluding steroid dienone is 1. The standard InChI is InChI=1S/C21H22ClN3O/c1-15-5-9-17(10-6-15)20-24-21(26-25-20)18(4-2-3-13-23)14-16-7-11-19(22)12-8-16/h5-12,14H,2-4,13,23H2,1H3. The van der Waals surface area contributed by atoms with Gasteiger partial charge in [-0.15, -0.1) is 0 Å². The molecule has 0 aliphatic rings. The normalized spacial score (nSPS) is 11.7. The Morgan fingerprint density at radius 1 is 1.08 bits per heavy atom. The summed E-state index contributed by atoms with van der Waals surface area (Å²) >= 11 is 5.97. The monoisotopic (exact) mass is 367 g/mol. The Hall–Kier alpha value is -2.43. The molecular weight excluding hydrogens is 346 g/mol. The van der Waals surface area contributed by atoms with Crippen molar-refractivity contribution in [2.45, 2.75) is 26.2 Å². The number of unbranched alkanes of at least 4 members (excludes halogenated alkanes) is 1. The molecule has 0 amide bonds. The minimum atomic E-state index is 0.549. The maximum atomic E-state index is 5.97. The molecule has 0 aliphatic heterocycles. The van der Waals surface area contributed by atoms with E-state index in [1.165, 1.54) is 5.56 Å². The number of rotatable bonds is 7. The summed E-state index contributed by atoms with van der Waals surface area (Å²) in [6.45, 7) is 2.72. The highest BCUT2D eigenvalue weighted by atomic mass is 35.5. The molecule has 2 aromatic carbocycles. The average Bonchev–Trinajstić information content (AvgIpc) is 3.13. The van der Waals surface area contributed by atoms with Crippen molar-refractivity contribution in [2.24, 2.45) is 5.73 Å². The van der Waals surface area contributed by atoms with Crippen LogP contribution in [0.1, 0.15) is 36.3 Å². The van der Waals surface area contributed by atoms with Crippen molar-refractivity contribution in [3.05, 3.63) is 70.6 Å². The predicted octanol–water partition coefficient (Wildman–Crippen LogP) is 5.37. The summed E-state index contributed by atoms with van der Waals surface area (Å²) < 4.78 is 5.55.